The molecular formula is C23H25N3O5S. The van der Waals surface area contributed by atoms with E-state index in [0.717, 1.165) is 11.1 Å². The van der Waals surface area contributed by atoms with Crippen molar-refractivity contribution in [2.24, 2.45) is 0 Å². The van der Waals surface area contributed by atoms with Gasteiger partial charge >= 0.3 is 5.69 Å². The van der Waals surface area contributed by atoms with Crippen LogP contribution in [0.25, 0.3) is 0 Å². The molecule has 2 aromatic rings. The highest BCUT2D eigenvalue weighted by atomic mass is 32.1. The van der Waals surface area contributed by atoms with Gasteiger partial charge in [0.25, 0.3) is 0 Å². The second-order valence-electron chi connectivity index (χ2n) is 7.60. The van der Waals surface area contributed by atoms with Gasteiger partial charge in [-0.1, -0.05) is 29.8 Å². The van der Waals surface area contributed by atoms with Gasteiger partial charge in [-0.25, -0.2) is 0 Å². The molecular weight excluding hydrogens is 430 g/mol. The molecule has 8 nitrogen and oxygen atoms in total. The van der Waals surface area contributed by atoms with Crippen LogP contribution in [0.2, 0.25) is 0 Å². The standard InChI is InChI=1S/C23H25N3O5S/c1-13-7-6-8-16(9-13)12-31-22-18(26(28)29)10-17(11-19(22)30-5)21-20(15(3)27)14(2)25(4)23(32)24-21/h6-11,21H,12H2,1-5H3,(H,24,32). The summed E-state index contributed by atoms with van der Waals surface area (Å²) >= 11 is 5.38. The molecule has 1 aliphatic rings. The van der Waals surface area contributed by atoms with Gasteiger partial charge in [0, 0.05) is 24.4 Å². The van der Waals surface area contributed by atoms with Crippen LogP contribution in [0.4, 0.5) is 5.69 Å². The van der Waals surface area contributed by atoms with Gasteiger partial charge in [-0.3, -0.25) is 14.9 Å². The van der Waals surface area contributed by atoms with Crippen LogP contribution in [0.3, 0.4) is 0 Å². The second kappa shape index (κ2) is 9.35. The molecule has 0 saturated heterocycles. The van der Waals surface area contributed by atoms with Crippen LogP contribution in [0.1, 0.15) is 36.6 Å². The normalized spacial score (nSPS) is 16.0. The molecule has 2 aromatic carbocycles. The number of ketones is 1. The third-order valence-electron chi connectivity index (χ3n) is 5.41. The summed E-state index contributed by atoms with van der Waals surface area (Å²) in [4.78, 5) is 25.5. The number of rotatable bonds is 7. The molecule has 1 atom stereocenters. The molecule has 1 heterocycles. The van der Waals surface area contributed by atoms with Crippen molar-refractivity contribution in [1.82, 2.24) is 10.2 Å². The van der Waals surface area contributed by atoms with Gasteiger partial charge < -0.3 is 19.7 Å². The fourth-order valence-electron chi connectivity index (χ4n) is 3.71. The Morgan fingerprint density at radius 3 is 2.59 bits per heavy atom. The van der Waals surface area contributed by atoms with Crippen LogP contribution in [-0.2, 0) is 11.4 Å². The van der Waals surface area contributed by atoms with Crippen molar-refractivity contribution in [2.45, 2.75) is 33.4 Å². The van der Waals surface area contributed by atoms with Crippen molar-refractivity contribution in [1.29, 1.82) is 0 Å². The first-order chi connectivity index (χ1) is 15.1. The maximum atomic E-state index is 12.4. The van der Waals surface area contributed by atoms with E-state index in [1.54, 1.807) is 24.9 Å². The topological polar surface area (TPSA) is 93.9 Å². The Hall–Kier alpha value is -3.46. The first-order valence-corrected chi connectivity index (χ1v) is 10.4. The van der Waals surface area contributed by atoms with Crippen LogP contribution in [0, 0.1) is 17.0 Å². The average Bonchev–Trinajstić information content (AvgIpc) is 2.74. The number of nitrogens with zero attached hydrogens (tertiary/aromatic N) is 2. The molecule has 0 amide bonds. The number of aryl methyl sites for hydroxylation is 1. The summed E-state index contributed by atoms with van der Waals surface area (Å²) in [6.45, 7) is 5.36. The predicted molar refractivity (Wildman–Crippen MR) is 125 cm³/mol. The maximum Gasteiger partial charge on any atom is 0.315 e. The number of hydrogen-bond acceptors (Lipinski definition) is 6. The van der Waals surface area contributed by atoms with Gasteiger partial charge in [-0.05, 0) is 50.2 Å². The first kappa shape index (κ1) is 23.2. The maximum absolute atomic E-state index is 12.4. The van der Waals surface area contributed by atoms with E-state index in [1.807, 2.05) is 31.2 Å². The molecule has 1 aliphatic heterocycles. The SMILES string of the molecule is COc1cc(C2NC(=S)N(C)C(C)=C2C(C)=O)cc([N+](=O)[O-])c1OCc1cccc(C)c1. The van der Waals surface area contributed by atoms with Crippen molar-refractivity contribution >= 4 is 28.8 Å². The fraction of sp³-hybridized carbons (Fsp3) is 0.304. The number of carbonyl (C=O) groups is 1. The number of hydrogen-bond donors (Lipinski definition) is 1. The molecule has 1 unspecified atom stereocenters. The van der Waals surface area contributed by atoms with Gasteiger partial charge in [0.05, 0.1) is 18.1 Å². The molecule has 1 N–H and O–H groups in total. The van der Waals surface area contributed by atoms with Gasteiger partial charge in [0.15, 0.2) is 16.6 Å². The zero-order chi connectivity index (χ0) is 23.6. The molecule has 0 aromatic heterocycles. The van der Waals surface area contributed by atoms with Crippen LogP contribution in [-0.4, -0.2) is 34.9 Å². The van der Waals surface area contributed by atoms with Crippen LogP contribution in [0.15, 0.2) is 47.7 Å². The van der Waals surface area contributed by atoms with E-state index in [1.165, 1.54) is 20.1 Å². The molecule has 0 spiro atoms. The summed E-state index contributed by atoms with van der Waals surface area (Å²) in [6, 6.07) is 10.1. The summed E-state index contributed by atoms with van der Waals surface area (Å²) in [5.74, 6) is 0.0770. The van der Waals surface area contributed by atoms with Gasteiger partial charge in [-0.15, -0.1) is 0 Å². The van der Waals surface area contributed by atoms with Gasteiger partial charge in [0.1, 0.15) is 6.61 Å². The Kier molecular flexibility index (Phi) is 6.78. The summed E-state index contributed by atoms with van der Waals surface area (Å²) in [6.07, 6.45) is 0. The molecule has 9 heteroatoms. The Morgan fingerprint density at radius 2 is 2.00 bits per heavy atom. The van der Waals surface area contributed by atoms with E-state index >= 15 is 0 Å². The zero-order valence-corrected chi connectivity index (χ0v) is 19.4. The number of allylic oxidation sites excluding steroid dienone is 1. The lowest BCUT2D eigenvalue weighted by Crippen LogP contribution is -2.45. The van der Waals surface area contributed by atoms with E-state index in [4.69, 9.17) is 21.7 Å². The number of Topliss-reactive ketones (excluding diaryl/α,β-unsaturated/α-hetero) is 1. The fourth-order valence-corrected chi connectivity index (χ4v) is 3.96. The number of methoxy groups -OCH3 is 1. The molecule has 0 fully saturated rings. The lowest BCUT2D eigenvalue weighted by atomic mass is 9.92. The minimum Gasteiger partial charge on any atom is -0.493 e. The van der Waals surface area contributed by atoms with Crippen molar-refractivity contribution in [3.05, 3.63) is 74.5 Å². The first-order valence-electron chi connectivity index (χ1n) is 9.94. The number of nitro groups is 1. The Balaban J connectivity index is 2.07. The molecule has 3 rings (SSSR count). The Bertz CT molecular complexity index is 1130. The summed E-state index contributed by atoms with van der Waals surface area (Å²) in [7, 11) is 3.18. The smallest absolute Gasteiger partial charge is 0.315 e. The summed E-state index contributed by atoms with van der Waals surface area (Å²) in [5.41, 5.74) is 3.34. The number of carbonyl (C=O) groups excluding carboxylic acids is 1. The highest BCUT2D eigenvalue weighted by Crippen LogP contribution is 2.42. The van der Waals surface area contributed by atoms with Crippen molar-refractivity contribution in [3.8, 4) is 11.5 Å². The zero-order valence-electron chi connectivity index (χ0n) is 18.6. The van der Waals surface area contributed by atoms with Crippen LogP contribution in [0.5, 0.6) is 11.5 Å². The minimum absolute atomic E-state index is 0.0309. The van der Waals surface area contributed by atoms with Gasteiger partial charge in [0.2, 0.25) is 5.75 Å². The average molecular weight is 456 g/mol. The largest absolute Gasteiger partial charge is 0.493 e. The monoisotopic (exact) mass is 455 g/mol. The van der Waals surface area contributed by atoms with Gasteiger partial charge in [-0.2, -0.15) is 0 Å². The molecule has 0 radical (unpaired) electrons. The van der Waals surface area contributed by atoms with Crippen LogP contribution >= 0.6 is 12.2 Å². The number of nitro benzene ring substituents is 1. The van der Waals surface area contributed by atoms with E-state index in [0.29, 0.717) is 21.9 Å². The van der Waals surface area contributed by atoms with E-state index < -0.39 is 11.0 Å². The highest BCUT2D eigenvalue weighted by Gasteiger charge is 2.33. The molecule has 168 valence electrons. The van der Waals surface area contributed by atoms with Crippen molar-refractivity contribution in [3.63, 3.8) is 0 Å². The number of benzene rings is 2. The Morgan fingerprint density at radius 1 is 1.28 bits per heavy atom. The lowest BCUT2D eigenvalue weighted by molar-refractivity contribution is -0.386. The van der Waals surface area contributed by atoms with E-state index in [9.17, 15) is 14.9 Å². The minimum atomic E-state index is -0.644. The predicted octanol–water partition coefficient (Wildman–Crippen LogP) is 4.21. The highest BCUT2D eigenvalue weighted by molar-refractivity contribution is 7.80. The quantitative estimate of drug-likeness (QED) is 0.377. The lowest BCUT2D eigenvalue weighted by Gasteiger charge is -2.35. The number of nitrogens with one attached hydrogen (secondary N) is 1. The Labute approximate surface area is 192 Å². The van der Waals surface area contributed by atoms with E-state index in [-0.39, 0.29) is 29.6 Å². The van der Waals surface area contributed by atoms with Crippen LogP contribution < -0.4 is 14.8 Å². The third kappa shape index (κ3) is 4.57. The number of thiocarbonyl (C=S) groups is 1. The second-order valence-corrected chi connectivity index (χ2v) is 7.99. The summed E-state index contributed by atoms with van der Waals surface area (Å²) < 4.78 is 11.3. The molecule has 0 aliphatic carbocycles. The number of ether oxygens (including phenoxy) is 2. The summed E-state index contributed by atoms with van der Waals surface area (Å²) in [5, 5.41) is 15.4. The molecule has 0 saturated carbocycles. The van der Waals surface area contributed by atoms with Crippen molar-refractivity contribution in [2.75, 3.05) is 14.2 Å². The van der Waals surface area contributed by atoms with E-state index in [2.05, 4.69) is 5.32 Å². The third-order valence-corrected chi connectivity index (χ3v) is 5.80. The molecule has 0 bridgehead atoms. The van der Waals surface area contributed by atoms with Crippen molar-refractivity contribution < 1.29 is 19.2 Å². The molecule has 32 heavy (non-hydrogen) atoms.